The average molecular weight is 230 g/mol. The minimum Gasteiger partial charge on any atom is -0.397 e. The van der Waals surface area contributed by atoms with Gasteiger partial charge in [0.25, 0.3) is 5.91 Å². The highest BCUT2D eigenvalue weighted by Crippen LogP contribution is 2.17. The molecule has 0 atom stereocenters. The quantitative estimate of drug-likeness (QED) is 0.677. The third-order valence-electron chi connectivity index (χ3n) is 2.03. The van der Waals surface area contributed by atoms with Crippen LogP contribution in [0, 0.1) is 22.7 Å². The van der Waals surface area contributed by atoms with Crippen LogP contribution in [0.4, 0.5) is 11.5 Å². The van der Waals surface area contributed by atoms with Crippen LogP contribution in [-0.2, 0) is 0 Å². The van der Waals surface area contributed by atoms with Gasteiger partial charge in [0.2, 0.25) is 0 Å². The number of hydrogen-bond acceptors (Lipinski definition) is 6. The second-order valence-electron chi connectivity index (χ2n) is 3.17. The number of rotatable bonds is 4. The lowest BCUT2D eigenvalue weighted by molar-refractivity contribution is 0.100. The number of primary amides is 1. The van der Waals surface area contributed by atoms with Crippen LogP contribution in [0.15, 0.2) is 12.3 Å². The molecule has 4 N–H and O–H groups in total. The molecule has 86 valence electrons. The van der Waals surface area contributed by atoms with Crippen LogP contribution in [0.25, 0.3) is 0 Å². The van der Waals surface area contributed by atoms with E-state index in [2.05, 4.69) is 4.98 Å². The van der Waals surface area contributed by atoms with E-state index in [0.717, 1.165) is 0 Å². The van der Waals surface area contributed by atoms with Gasteiger partial charge in [0.15, 0.2) is 0 Å². The van der Waals surface area contributed by atoms with Crippen molar-refractivity contribution in [1.82, 2.24) is 4.98 Å². The Kier molecular flexibility index (Phi) is 3.85. The second-order valence-corrected chi connectivity index (χ2v) is 3.17. The second kappa shape index (κ2) is 5.33. The number of hydrogen-bond donors (Lipinski definition) is 2. The van der Waals surface area contributed by atoms with E-state index >= 15 is 0 Å². The minimum absolute atomic E-state index is 0.0112. The molecule has 0 bridgehead atoms. The molecule has 0 spiro atoms. The summed E-state index contributed by atoms with van der Waals surface area (Å²) >= 11 is 0. The number of nitriles is 2. The molecule has 0 unspecified atom stereocenters. The maximum absolute atomic E-state index is 11.1. The zero-order chi connectivity index (χ0) is 12.8. The maximum atomic E-state index is 11.1. The van der Waals surface area contributed by atoms with E-state index < -0.39 is 5.91 Å². The zero-order valence-electron chi connectivity index (χ0n) is 8.92. The van der Waals surface area contributed by atoms with E-state index in [1.807, 2.05) is 12.1 Å². The Morgan fingerprint density at radius 3 is 2.47 bits per heavy atom. The Hall–Kier alpha value is -2.80. The van der Waals surface area contributed by atoms with Gasteiger partial charge >= 0.3 is 0 Å². The Labute approximate surface area is 97.9 Å². The summed E-state index contributed by atoms with van der Waals surface area (Å²) < 4.78 is 0. The first-order chi connectivity index (χ1) is 8.10. The van der Waals surface area contributed by atoms with Crippen molar-refractivity contribution in [3.8, 4) is 12.1 Å². The molecule has 7 heteroatoms. The zero-order valence-corrected chi connectivity index (χ0v) is 8.92. The van der Waals surface area contributed by atoms with Gasteiger partial charge in [0, 0.05) is 0 Å². The number of anilines is 2. The summed E-state index contributed by atoms with van der Waals surface area (Å²) in [4.78, 5) is 16.4. The lowest BCUT2D eigenvalue weighted by atomic mass is 10.2. The fourth-order valence-electron chi connectivity index (χ4n) is 1.23. The number of carbonyl (C=O) groups excluding carboxylic acids is 1. The molecule has 17 heavy (non-hydrogen) atoms. The normalized spacial score (nSPS) is 9.06. The van der Waals surface area contributed by atoms with Crippen molar-refractivity contribution >= 4 is 17.4 Å². The SMILES string of the molecule is N#CCN(CC#N)c1cc(C(N)=O)c(N)cn1. The largest absolute Gasteiger partial charge is 0.397 e. The summed E-state index contributed by atoms with van der Waals surface area (Å²) in [5.74, 6) is -0.365. The third kappa shape index (κ3) is 2.83. The van der Waals surface area contributed by atoms with Crippen molar-refractivity contribution in [2.45, 2.75) is 0 Å². The minimum atomic E-state index is -0.681. The molecule has 0 fully saturated rings. The van der Waals surface area contributed by atoms with Crippen LogP contribution in [0.1, 0.15) is 10.4 Å². The molecule has 1 heterocycles. The maximum Gasteiger partial charge on any atom is 0.250 e. The highest BCUT2D eigenvalue weighted by molar-refractivity contribution is 5.98. The van der Waals surface area contributed by atoms with E-state index in [-0.39, 0.29) is 24.3 Å². The molecular weight excluding hydrogens is 220 g/mol. The number of nitrogens with zero attached hydrogens (tertiary/aromatic N) is 4. The smallest absolute Gasteiger partial charge is 0.250 e. The van der Waals surface area contributed by atoms with E-state index in [4.69, 9.17) is 22.0 Å². The highest BCUT2D eigenvalue weighted by atomic mass is 16.1. The molecule has 0 radical (unpaired) electrons. The van der Waals surface area contributed by atoms with Crippen LogP contribution >= 0.6 is 0 Å². The van der Waals surface area contributed by atoms with Gasteiger partial charge in [-0.1, -0.05) is 0 Å². The molecule has 1 amide bonds. The van der Waals surface area contributed by atoms with E-state index in [9.17, 15) is 4.79 Å². The Balaban J connectivity index is 3.13. The van der Waals surface area contributed by atoms with Crippen molar-refractivity contribution in [3.05, 3.63) is 17.8 Å². The number of pyridine rings is 1. The third-order valence-corrected chi connectivity index (χ3v) is 2.03. The first kappa shape index (κ1) is 12.3. The van der Waals surface area contributed by atoms with Crippen molar-refractivity contribution in [2.75, 3.05) is 23.7 Å². The number of nitrogens with two attached hydrogens (primary N) is 2. The van der Waals surface area contributed by atoms with Gasteiger partial charge in [-0.25, -0.2) is 4.98 Å². The van der Waals surface area contributed by atoms with Crippen LogP contribution in [0.3, 0.4) is 0 Å². The molecule has 7 nitrogen and oxygen atoms in total. The molecule has 1 aromatic rings. The standard InChI is InChI=1S/C10H10N6O/c11-1-3-16(4-2-12)9-5-7(10(14)17)8(13)6-15-9/h5-6H,3-4,13H2,(H2,14,17). The molecule has 0 aliphatic rings. The van der Waals surface area contributed by atoms with Gasteiger partial charge in [-0.3, -0.25) is 4.79 Å². The van der Waals surface area contributed by atoms with Crippen molar-refractivity contribution < 1.29 is 4.79 Å². The fraction of sp³-hybridized carbons (Fsp3) is 0.200. The van der Waals surface area contributed by atoms with Gasteiger partial charge in [-0.05, 0) is 6.07 Å². The predicted molar refractivity (Wildman–Crippen MR) is 60.6 cm³/mol. The summed E-state index contributed by atoms with van der Waals surface area (Å²) in [5, 5.41) is 17.2. The number of nitrogen functional groups attached to an aromatic ring is 1. The Bertz CT molecular complexity index is 497. The first-order valence-electron chi connectivity index (χ1n) is 4.64. The predicted octanol–water partition coefficient (Wildman–Crippen LogP) is -0.384. The number of amides is 1. The molecule has 1 rings (SSSR count). The first-order valence-corrected chi connectivity index (χ1v) is 4.64. The van der Waals surface area contributed by atoms with E-state index in [0.29, 0.717) is 5.82 Å². The number of carbonyl (C=O) groups is 1. The van der Waals surface area contributed by atoms with Crippen LogP contribution in [-0.4, -0.2) is 24.0 Å². The monoisotopic (exact) mass is 230 g/mol. The van der Waals surface area contributed by atoms with Gasteiger partial charge in [-0.15, -0.1) is 0 Å². The average Bonchev–Trinajstić information content (AvgIpc) is 2.29. The van der Waals surface area contributed by atoms with Gasteiger partial charge in [0.05, 0.1) is 29.6 Å². The molecule has 0 saturated carbocycles. The summed E-state index contributed by atoms with van der Waals surface area (Å²) in [6.07, 6.45) is 1.27. The molecule has 0 aliphatic heterocycles. The molecular formula is C10H10N6O. The van der Waals surface area contributed by atoms with Crippen molar-refractivity contribution in [3.63, 3.8) is 0 Å². The molecule has 0 aliphatic carbocycles. The summed E-state index contributed by atoms with van der Waals surface area (Å²) in [7, 11) is 0. The van der Waals surface area contributed by atoms with Gasteiger partial charge < -0.3 is 16.4 Å². The molecule has 1 aromatic heterocycles. The van der Waals surface area contributed by atoms with Crippen LogP contribution < -0.4 is 16.4 Å². The molecule has 0 aromatic carbocycles. The van der Waals surface area contributed by atoms with Gasteiger partial charge in [-0.2, -0.15) is 10.5 Å². The highest BCUT2D eigenvalue weighted by Gasteiger charge is 2.12. The topological polar surface area (TPSA) is 133 Å². The van der Waals surface area contributed by atoms with E-state index in [1.165, 1.54) is 17.2 Å². The van der Waals surface area contributed by atoms with Crippen molar-refractivity contribution in [1.29, 1.82) is 10.5 Å². The fourth-order valence-corrected chi connectivity index (χ4v) is 1.23. The lowest BCUT2D eigenvalue weighted by Gasteiger charge is -2.17. The summed E-state index contributed by atoms with van der Waals surface area (Å²) in [5.41, 5.74) is 10.9. The lowest BCUT2D eigenvalue weighted by Crippen LogP contribution is -2.25. The van der Waals surface area contributed by atoms with Crippen molar-refractivity contribution in [2.24, 2.45) is 5.73 Å². The Morgan fingerprint density at radius 2 is 2.00 bits per heavy atom. The summed E-state index contributed by atoms with van der Waals surface area (Å²) in [6.45, 7) is -0.0225. The van der Waals surface area contributed by atoms with Crippen LogP contribution in [0.2, 0.25) is 0 Å². The number of aromatic nitrogens is 1. The summed E-state index contributed by atoms with van der Waals surface area (Å²) in [6, 6.07) is 5.17. The van der Waals surface area contributed by atoms with Gasteiger partial charge in [0.1, 0.15) is 18.9 Å². The van der Waals surface area contributed by atoms with E-state index in [1.54, 1.807) is 0 Å². The molecule has 0 saturated heterocycles. The van der Waals surface area contributed by atoms with Crippen LogP contribution in [0.5, 0.6) is 0 Å². The Morgan fingerprint density at radius 1 is 1.41 bits per heavy atom.